The van der Waals surface area contributed by atoms with Gasteiger partial charge in [-0.2, -0.15) is 0 Å². The summed E-state index contributed by atoms with van der Waals surface area (Å²) in [4.78, 5) is 14.9. The zero-order valence-electron chi connectivity index (χ0n) is 13.5. The van der Waals surface area contributed by atoms with Gasteiger partial charge in [0, 0.05) is 18.0 Å². The van der Waals surface area contributed by atoms with Crippen LogP contribution in [0.15, 0.2) is 54.6 Å². The molecule has 0 N–H and O–H groups in total. The van der Waals surface area contributed by atoms with Gasteiger partial charge in [0.25, 0.3) is 0 Å². The molecule has 0 aliphatic carbocycles. The highest BCUT2D eigenvalue weighted by Crippen LogP contribution is 2.18. The summed E-state index contributed by atoms with van der Waals surface area (Å²) >= 11 is 0. The number of hydrogen-bond acceptors (Lipinski definition) is 3. The van der Waals surface area contributed by atoms with Gasteiger partial charge in [-0.3, -0.25) is 4.79 Å². The molecule has 3 heteroatoms. The van der Waals surface area contributed by atoms with Gasteiger partial charge in [0.1, 0.15) is 5.75 Å². The van der Waals surface area contributed by atoms with Crippen LogP contribution in [0.25, 0.3) is 0 Å². The molecule has 0 heterocycles. The predicted octanol–water partition coefficient (Wildman–Crippen LogP) is 3.30. The van der Waals surface area contributed by atoms with Crippen LogP contribution in [0.5, 0.6) is 5.75 Å². The lowest BCUT2D eigenvalue weighted by Gasteiger charge is -2.20. The first-order valence-electron chi connectivity index (χ1n) is 7.47. The quantitative estimate of drug-likeness (QED) is 0.734. The summed E-state index contributed by atoms with van der Waals surface area (Å²) < 4.78 is 5.15. The third-order valence-corrected chi connectivity index (χ3v) is 3.66. The van der Waals surface area contributed by atoms with E-state index in [1.807, 2.05) is 56.6 Å². The summed E-state index contributed by atoms with van der Waals surface area (Å²) in [6.07, 6.45) is 0.754. The van der Waals surface area contributed by atoms with Crippen LogP contribution in [0, 0.1) is 5.92 Å². The van der Waals surface area contributed by atoms with Crippen molar-refractivity contribution >= 4 is 5.78 Å². The molecule has 0 bridgehead atoms. The first-order valence-corrected chi connectivity index (χ1v) is 7.47. The first kappa shape index (κ1) is 16.2. The number of methoxy groups -OCH3 is 1. The Labute approximate surface area is 132 Å². The van der Waals surface area contributed by atoms with Crippen molar-refractivity contribution in [2.75, 3.05) is 27.7 Å². The van der Waals surface area contributed by atoms with Gasteiger partial charge in [-0.1, -0.05) is 30.3 Å². The molecule has 2 rings (SSSR count). The number of nitrogens with zero attached hydrogens (tertiary/aromatic N) is 1. The van der Waals surface area contributed by atoms with Crippen LogP contribution in [0.3, 0.4) is 0 Å². The molecule has 2 aromatic rings. The Morgan fingerprint density at radius 1 is 1.05 bits per heavy atom. The Kier molecular flexibility index (Phi) is 5.73. The topological polar surface area (TPSA) is 29.5 Å². The van der Waals surface area contributed by atoms with Crippen LogP contribution < -0.4 is 4.74 Å². The van der Waals surface area contributed by atoms with Gasteiger partial charge in [-0.05, 0) is 50.3 Å². The summed E-state index contributed by atoms with van der Waals surface area (Å²) in [5.74, 6) is 0.898. The smallest absolute Gasteiger partial charge is 0.167 e. The van der Waals surface area contributed by atoms with Crippen LogP contribution in [-0.2, 0) is 6.42 Å². The van der Waals surface area contributed by atoms with E-state index in [0.717, 1.165) is 24.3 Å². The third-order valence-electron chi connectivity index (χ3n) is 3.66. The van der Waals surface area contributed by atoms with Crippen molar-refractivity contribution in [3.05, 3.63) is 65.7 Å². The molecule has 0 amide bonds. The highest BCUT2D eigenvalue weighted by atomic mass is 16.5. The highest BCUT2D eigenvalue weighted by molar-refractivity contribution is 5.98. The minimum atomic E-state index is -0.0502. The van der Waals surface area contributed by atoms with Crippen molar-refractivity contribution in [2.24, 2.45) is 5.92 Å². The van der Waals surface area contributed by atoms with Crippen molar-refractivity contribution in [2.45, 2.75) is 6.42 Å². The normalized spacial score (nSPS) is 12.2. The molecular formula is C19H23NO2. The molecule has 1 unspecified atom stereocenters. The minimum absolute atomic E-state index is 0.0502. The standard InChI is InChI=1S/C19H23NO2/c1-20(2)14-17(13-15-7-5-4-6-8-15)19(21)16-9-11-18(22-3)12-10-16/h4-12,17H,13-14H2,1-3H3. The summed E-state index contributed by atoms with van der Waals surface area (Å²) in [6, 6.07) is 17.5. The van der Waals surface area contributed by atoms with Gasteiger partial charge >= 0.3 is 0 Å². The van der Waals surface area contributed by atoms with Crippen molar-refractivity contribution in [3.8, 4) is 5.75 Å². The van der Waals surface area contributed by atoms with Crippen LogP contribution in [0.1, 0.15) is 15.9 Å². The maximum Gasteiger partial charge on any atom is 0.167 e. The van der Waals surface area contributed by atoms with E-state index >= 15 is 0 Å². The van der Waals surface area contributed by atoms with Gasteiger partial charge in [-0.25, -0.2) is 0 Å². The number of ketones is 1. The number of benzene rings is 2. The van der Waals surface area contributed by atoms with Gasteiger partial charge in [0.2, 0.25) is 0 Å². The highest BCUT2D eigenvalue weighted by Gasteiger charge is 2.21. The lowest BCUT2D eigenvalue weighted by atomic mass is 9.91. The van der Waals surface area contributed by atoms with Crippen LogP contribution in [0.2, 0.25) is 0 Å². The second kappa shape index (κ2) is 7.76. The molecule has 0 saturated heterocycles. The lowest BCUT2D eigenvalue weighted by molar-refractivity contribution is 0.0896. The van der Waals surface area contributed by atoms with Crippen molar-refractivity contribution in [1.82, 2.24) is 4.90 Å². The molecule has 1 atom stereocenters. The van der Waals surface area contributed by atoms with E-state index in [-0.39, 0.29) is 11.7 Å². The van der Waals surface area contributed by atoms with E-state index in [4.69, 9.17) is 4.74 Å². The SMILES string of the molecule is COc1ccc(C(=O)C(Cc2ccccc2)CN(C)C)cc1. The van der Waals surface area contributed by atoms with E-state index in [1.54, 1.807) is 7.11 Å². The van der Waals surface area contributed by atoms with Gasteiger partial charge in [-0.15, -0.1) is 0 Å². The molecule has 22 heavy (non-hydrogen) atoms. The van der Waals surface area contributed by atoms with Crippen LogP contribution in [0.4, 0.5) is 0 Å². The van der Waals surface area contributed by atoms with Crippen LogP contribution >= 0.6 is 0 Å². The van der Waals surface area contributed by atoms with Crippen LogP contribution in [-0.4, -0.2) is 38.4 Å². The maximum absolute atomic E-state index is 12.8. The largest absolute Gasteiger partial charge is 0.497 e. The molecule has 0 aliphatic heterocycles. The Bertz CT molecular complexity index is 591. The summed E-state index contributed by atoms with van der Waals surface area (Å²) in [7, 11) is 5.62. The minimum Gasteiger partial charge on any atom is -0.497 e. The fraction of sp³-hybridized carbons (Fsp3) is 0.316. The van der Waals surface area contributed by atoms with Crippen molar-refractivity contribution in [3.63, 3.8) is 0 Å². The molecule has 0 saturated carbocycles. The average Bonchev–Trinajstić information content (AvgIpc) is 2.54. The zero-order chi connectivity index (χ0) is 15.9. The van der Waals surface area contributed by atoms with Crippen molar-refractivity contribution < 1.29 is 9.53 Å². The molecule has 116 valence electrons. The molecule has 2 aromatic carbocycles. The van der Waals surface area contributed by atoms with E-state index in [2.05, 4.69) is 17.0 Å². The summed E-state index contributed by atoms with van der Waals surface area (Å²) in [6.45, 7) is 0.736. The van der Waals surface area contributed by atoms with Gasteiger partial charge < -0.3 is 9.64 Å². The third kappa shape index (κ3) is 4.43. The molecule has 0 fully saturated rings. The van der Waals surface area contributed by atoms with E-state index in [9.17, 15) is 4.79 Å². The molecule has 0 radical (unpaired) electrons. The Hall–Kier alpha value is -2.13. The predicted molar refractivity (Wildman–Crippen MR) is 89.5 cm³/mol. The Morgan fingerprint density at radius 3 is 2.23 bits per heavy atom. The maximum atomic E-state index is 12.8. The van der Waals surface area contributed by atoms with Gasteiger partial charge in [0.15, 0.2) is 5.78 Å². The second-order valence-electron chi connectivity index (χ2n) is 5.74. The number of hydrogen-bond donors (Lipinski definition) is 0. The van der Waals surface area contributed by atoms with E-state index in [0.29, 0.717) is 0 Å². The number of ether oxygens (including phenoxy) is 1. The number of Topliss-reactive ketones (excluding diaryl/α,β-unsaturated/α-hetero) is 1. The monoisotopic (exact) mass is 297 g/mol. The second-order valence-corrected chi connectivity index (χ2v) is 5.74. The fourth-order valence-corrected chi connectivity index (χ4v) is 2.57. The average molecular weight is 297 g/mol. The lowest BCUT2D eigenvalue weighted by Crippen LogP contribution is -2.29. The number of rotatable bonds is 7. The summed E-state index contributed by atoms with van der Waals surface area (Å²) in [5, 5.41) is 0. The number of carbonyl (C=O) groups excluding carboxylic acids is 1. The first-order chi connectivity index (χ1) is 10.6. The number of carbonyl (C=O) groups is 1. The Balaban J connectivity index is 2.18. The molecule has 0 spiro atoms. The van der Waals surface area contributed by atoms with E-state index < -0.39 is 0 Å². The zero-order valence-corrected chi connectivity index (χ0v) is 13.5. The molecule has 0 aliphatic rings. The van der Waals surface area contributed by atoms with E-state index in [1.165, 1.54) is 5.56 Å². The fourth-order valence-electron chi connectivity index (χ4n) is 2.57. The molecule has 3 nitrogen and oxygen atoms in total. The van der Waals surface area contributed by atoms with Crippen molar-refractivity contribution in [1.29, 1.82) is 0 Å². The summed E-state index contributed by atoms with van der Waals surface area (Å²) in [5.41, 5.74) is 1.93. The molecular weight excluding hydrogens is 274 g/mol. The molecule has 0 aromatic heterocycles. The van der Waals surface area contributed by atoms with Gasteiger partial charge in [0.05, 0.1) is 7.11 Å². The Morgan fingerprint density at radius 2 is 1.68 bits per heavy atom.